The molecule has 3 N–H and O–H groups in total. The highest BCUT2D eigenvalue weighted by atomic mass is 16.5. The number of carbonyl (C=O) groups excluding carboxylic acids is 1. The Hall–Kier alpha value is -1.55. The van der Waals surface area contributed by atoms with Crippen molar-refractivity contribution in [1.29, 1.82) is 0 Å². The van der Waals surface area contributed by atoms with Crippen LogP contribution in [0, 0.1) is 6.92 Å². The molecule has 1 aliphatic rings. The minimum absolute atomic E-state index is 0.225. The smallest absolute Gasteiger partial charge is 0.248 e. The van der Waals surface area contributed by atoms with Crippen molar-refractivity contribution in [1.82, 2.24) is 5.32 Å². The lowest BCUT2D eigenvalue weighted by Crippen LogP contribution is -2.37. The monoisotopic (exact) mass is 234 g/mol. The summed E-state index contributed by atoms with van der Waals surface area (Å²) in [4.78, 5) is 11.1. The van der Waals surface area contributed by atoms with E-state index in [4.69, 9.17) is 10.5 Å². The number of rotatable bonds is 3. The van der Waals surface area contributed by atoms with E-state index >= 15 is 0 Å². The molecule has 0 unspecified atom stereocenters. The van der Waals surface area contributed by atoms with Crippen molar-refractivity contribution in [2.75, 3.05) is 13.1 Å². The molecule has 2 rings (SSSR count). The predicted molar refractivity (Wildman–Crippen MR) is 66.2 cm³/mol. The Kier molecular flexibility index (Phi) is 3.64. The maximum atomic E-state index is 11.1. The molecule has 92 valence electrons. The summed E-state index contributed by atoms with van der Waals surface area (Å²) in [7, 11) is 0. The maximum Gasteiger partial charge on any atom is 0.248 e. The molecule has 0 saturated carbocycles. The van der Waals surface area contributed by atoms with E-state index in [1.165, 1.54) is 0 Å². The second kappa shape index (κ2) is 5.19. The lowest BCUT2D eigenvalue weighted by Gasteiger charge is -2.24. The topological polar surface area (TPSA) is 64.3 Å². The van der Waals surface area contributed by atoms with Gasteiger partial charge in [0, 0.05) is 12.1 Å². The highest BCUT2D eigenvalue weighted by molar-refractivity contribution is 5.94. The quantitative estimate of drug-likeness (QED) is 0.826. The van der Waals surface area contributed by atoms with Crippen LogP contribution in [0.15, 0.2) is 18.2 Å². The van der Waals surface area contributed by atoms with Crippen molar-refractivity contribution in [3.8, 4) is 5.75 Å². The third-order valence-electron chi connectivity index (χ3n) is 3.02. The van der Waals surface area contributed by atoms with Crippen LogP contribution in [-0.4, -0.2) is 25.1 Å². The first kappa shape index (κ1) is 11.9. The zero-order valence-electron chi connectivity index (χ0n) is 10.0. The van der Waals surface area contributed by atoms with Crippen LogP contribution in [0.5, 0.6) is 5.75 Å². The van der Waals surface area contributed by atoms with Gasteiger partial charge in [-0.25, -0.2) is 0 Å². The van der Waals surface area contributed by atoms with E-state index < -0.39 is 5.91 Å². The summed E-state index contributed by atoms with van der Waals surface area (Å²) < 4.78 is 5.86. The SMILES string of the molecule is Cc1cc(O[C@H]2CCCNC2)ccc1C(N)=O. The van der Waals surface area contributed by atoms with E-state index in [1.54, 1.807) is 6.07 Å². The van der Waals surface area contributed by atoms with Gasteiger partial charge in [0.1, 0.15) is 11.9 Å². The van der Waals surface area contributed by atoms with E-state index in [0.717, 1.165) is 37.2 Å². The van der Waals surface area contributed by atoms with Crippen LogP contribution in [-0.2, 0) is 0 Å². The number of benzene rings is 1. The summed E-state index contributed by atoms with van der Waals surface area (Å²) in [5.41, 5.74) is 6.67. The maximum absolute atomic E-state index is 11.1. The molecule has 1 aromatic carbocycles. The Morgan fingerprint density at radius 2 is 2.35 bits per heavy atom. The van der Waals surface area contributed by atoms with Crippen molar-refractivity contribution >= 4 is 5.91 Å². The first-order valence-corrected chi connectivity index (χ1v) is 5.94. The van der Waals surface area contributed by atoms with E-state index in [-0.39, 0.29) is 6.10 Å². The molecule has 0 aliphatic carbocycles. The summed E-state index contributed by atoms with van der Waals surface area (Å²) in [5.74, 6) is 0.412. The normalized spacial score (nSPS) is 19.9. The zero-order chi connectivity index (χ0) is 12.3. The summed E-state index contributed by atoms with van der Waals surface area (Å²) in [6.07, 6.45) is 2.44. The molecule has 0 spiro atoms. The van der Waals surface area contributed by atoms with Crippen LogP contribution < -0.4 is 15.8 Å². The Morgan fingerprint density at radius 3 is 2.94 bits per heavy atom. The number of carbonyl (C=O) groups is 1. The Morgan fingerprint density at radius 1 is 1.53 bits per heavy atom. The Bertz CT molecular complexity index is 412. The van der Waals surface area contributed by atoms with Crippen molar-refractivity contribution in [2.45, 2.75) is 25.9 Å². The molecule has 1 atom stereocenters. The van der Waals surface area contributed by atoms with Gasteiger partial charge in [0.05, 0.1) is 0 Å². The molecule has 0 radical (unpaired) electrons. The average molecular weight is 234 g/mol. The van der Waals surface area contributed by atoms with Crippen LogP contribution in [0.3, 0.4) is 0 Å². The minimum Gasteiger partial charge on any atom is -0.489 e. The number of ether oxygens (including phenoxy) is 1. The highest BCUT2D eigenvalue weighted by Gasteiger charge is 2.15. The standard InChI is InChI=1S/C13H18N2O2/c1-9-7-10(4-5-12(9)13(14)16)17-11-3-2-6-15-8-11/h4-5,7,11,15H,2-3,6,8H2,1H3,(H2,14,16)/t11-/m0/s1. The molecule has 4 nitrogen and oxygen atoms in total. The van der Waals surface area contributed by atoms with Gasteiger partial charge >= 0.3 is 0 Å². The van der Waals surface area contributed by atoms with Gasteiger partial charge in [0.2, 0.25) is 5.91 Å². The highest BCUT2D eigenvalue weighted by Crippen LogP contribution is 2.19. The van der Waals surface area contributed by atoms with Crippen molar-refractivity contribution in [3.05, 3.63) is 29.3 Å². The molecule has 1 heterocycles. The van der Waals surface area contributed by atoms with Crippen molar-refractivity contribution in [2.24, 2.45) is 5.73 Å². The largest absolute Gasteiger partial charge is 0.489 e. The lowest BCUT2D eigenvalue weighted by atomic mass is 10.1. The average Bonchev–Trinajstić information content (AvgIpc) is 2.30. The number of hydrogen-bond donors (Lipinski definition) is 2. The summed E-state index contributed by atoms with van der Waals surface area (Å²) in [6, 6.07) is 5.40. The van der Waals surface area contributed by atoms with Crippen molar-refractivity contribution in [3.63, 3.8) is 0 Å². The van der Waals surface area contributed by atoms with Gasteiger partial charge < -0.3 is 15.8 Å². The minimum atomic E-state index is -0.395. The van der Waals surface area contributed by atoms with Crippen molar-refractivity contribution < 1.29 is 9.53 Å². The van der Waals surface area contributed by atoms with Gasteiger partial charge in [0.15, 0.2) is 0 Å². The predicted octanol–water partition coefficient (Wildman–Crippen LogP) is 1.22. The molecule has 1 aromatic rings. The van der Waals surface area contributed by atoms with E-state index in [9.17, 15) is 4.79 Å². The fourth-order valence-electron chi connectivity index (χ4n) is 2.10. The van der Waals surface area contributed by atoms with Gasteiger partial charge in [-0.3, -0.25) is 4.79 Å². The third-order valence-corrected chi connectivity index (χ3v) is 3.02. The Balaban J connectivity index is 2.06. The molecule has 1 amide bonds. The van der Waals surface area contributed by atoms with Crippen LogP contribution in [0.25, 0.3) is 0 Å². The molecule has 17 heavy (non-hydrogen) atoms. The fraction of sp³-hybridized carbons (Fsp3) is 0.462. The number of amides is 1. The molecule has 1 aliphatic heterocycles. The number of nitrogens with one attached hydrogen (secondary N) is 1. The van der Waals surface area contributed by atoms with Crippen LogP contribution in [0.1, 0.15) is 28.8 Å². The van der Waals surface area contributed by atoms with Gasteiger partial charge in [-0.05, 0) is 50.1 Å². The fourth-order valence-corrected chi connectivity index (χ4v) is 2.10. The van der Waals surface area contributed by atoms with Gasteiger partial charge in [-0.1, -0.05) is 0 Å². The molecule has 0 bridgehead atoms. The summed E-state index contributed by atoms with van der Waals surface area (Å²) in [5, 5.41) is 3.30. The molecule has 0 aromatic heterocycles. The van der Waals surface area contributed by atoms with Gasteiger partial charge in [0.25, 0.3) is 0 Å². The first-order valence-electron chi connectivity index (χ1n) is 5.94. The first-order chi connectivity index (χ1) is 8.16. The molecule has 4 heteroatoms. The molecular formula is C13H18N2O2. The van der Waals surface area contributed by atoms with Gasteiger partial charge in [-0.2, -0.15) is 0 Å². The van der Waals surface area contributed by atoms with E-state index in [0.29, 0.717) is 5.56 Å². The molecule has 1 fully saturated rings. The summed E-state index contributed by atoms with van der Waals surface area (Å²) >= 11 is 0. The number of nitrogens with two attached hydrogens (primary N) is 1. The third kappa shape index (κ3) is 2.97. The number of primary amides is 1. The van der Waals surface area contributed by atoms with E-state index in [1.807, 2.05) is 19.1 Å². The Labute approximate surface area is 101 Å². The molecular weight excluding hydrogens is 216 g/mol. The van der Waals surface area contributed by atoms with Gasteiger partial charge in [-0.15, -0.1) is 0 Å². The van der Waals surface area contributed by atoms with Crippen LogP contribution in [0.4, 0.5) is 0 Å². The number of piperidine rings is 1. The number of hydrogen-bond acceptors (Lipinski definition) is 3. The van der Waals surface area contributed by atoms with E-state index in [2.05, 4.69) is 5.32 Å². The van der Waals surface area contributed by atoms with Crippen LogP contribution in [0.2, 0.25) is 0 Å². The lowest BCUT2D eigenvalue weighted by molar-refractivity contribution is 0.0999. The second-order valence-electron chi connectivity index (χ2n) is 4.43. The second-order valence-corrected chi connectivity index (χ2v) is 4.43. The molecule has 1 saturated heterocycles. The zero-order valence-corrected chi connectivity index (χ0v) is 10.0. The number of aryl methyl sites for hydroxylation is 1. The summed E-state index contributed by atoms with van der Waals surface area (Å²) in [6.45, 7) is 3.82. The van der Waals surface area contributed by atoms with Crippen LogP contribution >= 0.6 is 0 Å².